The summed E-state index contributed by atoms with van der Waals surface area (Å²) in [4.78, 5) is 26.5. The average Bonchev–Trinajstić information content (AvgIpc) is 2.43. The van der Waals surface area contributed by atoms with Crippen LogP contribution in [0.15, 0.2) is 24.3 Å². The van der Waals surface area contributed by atoms with Gasteiger partial charge < -0.3 is 10.0 Å². The summed E-state index contributed by atoms with van der Waals surface area (Å²) in [5, 5.41) is 9.37. The van der Waals surface area contributed by atoms with Crippen molar-refractivity contribution in [3.05, 3.63) is 35.4 Å². The van der Waals surface area contributed by atoms with E-state index >= 15 is 0 Å². The van der Waals surface area contributed by atoms with Crippen molar-refractivity contribution in [2.75, 3.05) is 20.6 Å². The quantitative estimate of drug-likeness (QED) is 0.890. The van der Waals surface area contributed by atoms with Gasteiger partial charge in [-0.3, -0.25) is 14.5 Å². The Labute approximate surface area is 118 Å². The summed E-state index contributed by atoms with van der Waals surface area (Å²) in [5.41, 5.74) is 2.25. The molecule has 5 nitrogen and oxygen atoms in total. The lowest BCUT2D eigenvalue weighted by molar-refractivity contribution is -0.144. The Morgan fingerprint density at radius 2 is 1.95 bits per heavy atom. The van der Waals surface area contributed by atoms with Gasteiger partial charge in [0.25, 0.3) is 0 Å². The Morgan fingerprint density at radius 3 is 2.55 bits per heavy atom. The second-order valence-electron chi connectivity index (χ2n) is 5.34. The Kier molecular flexibility index (Phi) is 4.39. The number of aliphatic carboxylic acids is 1. The van der Waals surface area contributed by atoms with E-state index in [0.717, 1.165) is 11.1 Å². The minimum absolute atomic E-state index is 0.0213. The third-order valence-electron chi connectivity index (χ3n) is 3.74. The van der Waals surface area contributed by atoms with Crippen LogP contribution in [0.4, 0.5) is 0 Å². The smallest absolute Gasteiger partial charge is 0.321 e. The van der Waals surface area contributed by atoms with Crippen LogP contribution >= 0.6 is 0 Å². The molecule has 0 saturated carbocycles. The molecule has 0 unspecified atom stereocenters. The van der Waals surface area contributed by atoms with Gasteiger partial charge in [-0.15, -0.1) is 0 Å². The second-order valence-corrected chi connectivity index (χ2v) is 5.34. The molecule has 0 saturated heterocycles. The fourth-order valence-corrected chi connectivity index (χ4v) is 2.52. The van der Waals surface area contributed by atoms with Gasteiger partial charge in [-0.25, -0.2) is 0 Å². The van der Waals surface area contributed by atoms with Gasteiger partial charge >= 0.3 is 5.97 Å². The van der Waals surface area contributed by atoms with E-state index in [9.17, 15) is 14.7 Å². The maximum Gasteiger partial charge on any atom is 0.321 e. The highest BCUT2D eigenvalue weighted by Crippen LogP contribution is 2.23. The second kappa shape index (κ2) is 6.05. The molecule has 2 rings (SSSR count). The van der Waals surface area contributed by atoms with E-state index in [1.165, 1.54) is 4.90 Å². The molecule has 0 radical (unpaired) electrons. The number of fused-ring (bicyclic) bond motifs is 1. The molecule has 0 aromatic heterocycles. The number of carbonyl (C=O) groups excluding carboxylic acids is 1. The number of amides is 1. The monoisotopic (exact) mass is 276 g/mol. The van der Waals surface area contributed by atoms with Crippen molar-refractivity contribution in [1.82, 2.24) is 9.80 Å². The maximum atomic E-state index is 11.7. The summed E-state index contributed by atoms with van der Waals surface area (Å²) in [5.74, 6) is -0.801. The minimum atomic E-state index is -0.822. The summed E-state index contributed by atoms with van der Waals surface area (Å²) in [6.45, 7) is 1.07. The zero-order chi connectivity index (χ0) is 14.7. The summed E-state index contributed by atoms with van der Waals surface area (Å²) in [6.07, 6.45) is 0.848. The molecule has 1 aliphatic rings. The van der Waals surface area contributed by atoms with Gasteiger partial charge in [0, 0.05) is 33.6 Å². The molecule has 1 aromatic rings. The molecular weight excluding hydrogens is 256 g/mol. The highest BCUT2D eigenvalue weighted by Gasteiger charge is 2.31. The number of carboxylic acid groups (broad SMARTS) is 1. The van der Waals surface area contributed by atoms with Gasteiger partial charge in [0.2, 0.25) is 5.91 Å². The molecule has 0 aliphatic carbocycles. The lowest BCUT2D eigenvalue weighted by Crippen LogP contribution is -2.46. The first-order valence-corrected chi connectivity index (χ1v) is 6.73. The molecule has 0 spiro atoms. The van der Waals surface area contributed by atoms with E-state index in [0.29, 0.717) is 25.9 Å². The lowest BCUT2D eigenvalue weighted by Gasteiger charge is -2.34. The molecule has 0 fully saturated rings. The van der Waals surface area contributed by atoms with Gasteiger partial charge in [-0.2, -0.15) is 0 Å². The minimum Gasteiger partial charge on any atom is -0.480 e. The number of carboxylic acids is 1. The van der Waals surface area contributed by atoms with Crippen molar-refractivity contribution in [2.45, 2.75) is 25.4 Å². The normalized spacial score (nSPS) is 18.4. The predicted molar refractivity (Wildman–Crippen MR) is 75.3 cm³/mol. The lowest BCUT2D eigenvalue weighted by atomic mass is 9.94. The van der Waals surface area contributed by atoms with Gasteiger partial charge in [0.1, 0.15) is 6.04 Å². The number of hydrogen-bond acceptors (Lipinski definition) is 3. The predicted octanol–water partition coefficient (Wildman–Crippen LogP) is 0.976. The molecule has 1 aliphatic heterocycles. The fraction of sp³-hybridized carbons (Fsp3) is 0.467. The molecule has 5 heteroatoms. The van der Waals surface area contributed by atoms with Gasteiger partial charge in [-0.1, -0.05) is 24.3 Å². The Bertz CT molecular complexity index is 514. The van der Waals surface area contributed by atoms with E-state index < -0.39 is 12.0 Å². The van der Waals surface area contributed by atoms with Crippen LogP contribution in [-0.2, 0) is 22.6 Å². The van der Waals surface area contributed by atoms with Gasteiger partial charge in [0.05, 0.1) is 0 Å². The van der Waals surface area contributed by atoms with Crippen LogP contribution in [0.25, 0.3) is 0 Å². The Morgan fingerprint density at radius 1 is 1.30 bits per heavy atom. The highest BCUT2D eigenvalue weighted by molar-refractivity contribution is 5.76. The zero-order valence-electron chi connectivity index (χ0n) is 11.9. The average molecular weight is 276 g/mol. The number of carbonyl (C=O) groups is 2. The molecule has 1 heterocycles. The van der Waals surface area contributed by atoms with Crippen molar-refractivity contribution >= 4 is 11.9 Å². The summed E-state index contributed by atoms with van der Waals surface area (Å²) < 4.78 is 0. The van der Waals surface area contributed by atoms with Crippen LogP contribution < -0.4 is 0 Å². The summed E-state index contributed by atoms with van der Waals surface area (Å²) in [6, 6.07) is 7.35. The number of benzene rings is 1. The molecule has 1 amide bonds. The Hall–Kier alpha value is -1.88. The van der Waals surface area contributed by atoms with Gasteiger partial charge in [-0.05, 0) is 17.5 Å². The van der Waals surface area contributed by atoms with Crippen LogP contribution in [0.2, 0.25) is 0 Å². The molecular formula is C15H20N2O3. The van der Waals surface area contributed by atoms with Crippen LogP contribution in [0.3, 0.4) is 0 Å². The highest BCUT2D eigenvalue weighted by atomic mass is 16.4. The number of hydrogen-bond donors (Lipinski definition) is 1. The van der Waals surface area contributed by atoms with E-state index in [1.54, 1.807) is 14.1 Å². The SMILES string of the molecule is CN(C)C(=O)CCN1Cc2ccccc2C[C@H]1C(=O)O. The summed E-state index contributed by atoms with van der Waals surface area (Å²) in [7, 11) is 3.42. The third-order valence-corrected chi connectivity index (χ3v) is 3.74. The van der Waals surface area contributed by atoms with Crippen molar-refractivity contribution in [1.29, 1.82) is 0 Å². The molecule has 1 N–H and O–H groups in total. The van der Waals surface area contributed by atoms with Crippen LogP contribution in [0.1, 0.15) is 17.5 Å². The fourth-order valence-electron chi connectivity index (χ4n) is 2.52. The van der Waals surface area contributed by atoms with Crippen LogP contribution in [0, 0.1) is 0 Å². The summed E-state index contributed by atoms with van der Waals surface area (Å²) >= 11 is 0. The maximum absolute atomic E-state index is 11.7. The van der Waals surface area contributed by atoms with E-state index in [1.807, 2.05) is 29.2 Å². The van der Waals surface area contributed by atoms with Crippen molar-refractivity contribution in [3.63, 3.8) is 0 Å². The third kappa shape index (κ3) is 3.17. The zero-order valence-corrected chi connectivity index (χ0v) is 11.9. The largest absolute Gasteiger partial charge is 0.480 e. The van der Waals surface area contributed by atoms with E-state index in [-0.39, 0.29) is 5.91 Å². The molecule has 1 atom stereocenters. The first-order valence-electron chi connectivity index (χ1n) is 6.73. The molecule has 20 heavy (non-hydrogen) atoms. The Balaban J connectivity index is 2.10. The van der Waals surface area contributed by atoms with Crippen LogP contribution in [0.5, 0.6) is 0 Å². The first kappa shape index (κ1) is 14.5. The molecule has 108 valence electrons. The van der Waals surface area contributed by atoms with E-state index in [2.05, 4.69) is 0 Å². The number of rotatable bonds is 4. The van der Waals surface area contributed by atoms with Crippen molar-refractivity contribution in [2.24, 2.45) is 0 Å². The molecule has 1 aromatic carbocycles. The molecule has 0 bridgehead atoms. The number of nitrogens with zero attached hydrogens (tertiary/aromatic N) is 2. The van der Waals surface area contributed by atoms with E-state index in [4.69, 9.17) is 0 Å². The van der Waals surface area contributed by atoms with Crippen molar-refractivity contribution < 1.29 is 14.7 Å². The first-order chi connectivity index (χ1) is 9.49. The topological polar surface area (TPSA) is 60.9 Å². The van der Waals surface area contributed by atoms with Gasteiger partial charge in [0.15, 0.2) is 0 Å². The standard InChI is InChI=1S/C15H20N2O3/c1-16(2)14(18)7-8-17-10-12-6-4-3-5-11(12)9-13(17)15(19)20/h3-6,13H,7-10H2,1-2H3,(H,19,20)/t13-/m0/s1. The van der Waals surface area contributed by atoms with Crippen molar-refractivity contribution in [3.8, 4) is 0 Å². The van der Waals surface area contributed by atoms with Crippen LogP contribution in [-0.4, -0.2) is 53.5 Å².